The molecule has 0 radical (unpaired) electrons. The quantitative estimate of drug-likeness (QED) is 0.370. The van der Waals surface area contributed by atoms with Crippen molar-refractivity contribution < 1.29 is 19.8 Å². The maximum atomic E-state index is 13.0. The lowest BCUT2D eigenvalue weighted by Gasteiger charge is -2.15. The van der Waals surface area contributed by atoms with Crippen LogP contribution >= 0.6 is 0 Å². The zero-order valence-corrected chi connectivity index (χ0v) is 18.5. The summed E-state index contributed by atoms with van der Waals surface area (Å²) in [6.07, 6.45) is 0. The molecule has 0 unspecified atom stereocenters. The van der Waals surface area contributed by atoms with Crippen LogP contribution in [0.1, 0.15) is 44.4 Å². The molecule has 0 amide bonds. The molecular weight excluding hydrogens is 398 g/mol. The summed E-state index contributed by atoms with van der Waals surface area (Å²) in [4.78, 5) is 28.2. The summed E-state index contributed by atoms with van der Waals surface area (Å²) in [5, 5.41) is 21.3. The number of rotatable bonds is 5. The van der Waals surface area contributed by atoms with Gasteiger partial charge in [-0.1, -0.05) is 33.8 Å². The van der Waals surface area contributed by atoms with E-state index in [1.54, 1.807) is 28.8 Å². The van der Waals surface area contributed by atoms with Crippen molar-refractivity contribution in [2.75, 3.05) is 7.05 Å². The van der Waals surface area contributed by atoms with Crippen molar-refractivity contribution >= 4 is 17.4 Å². The third-order valence-electron chi connectivity index (χ3n) is 4.67. The number of hydrogen-bond donors (Lipinski definition) is 2. The van der Waals surface area contributed by atoms with Crippen molar-refractivity contribution in [3.63, 3.8) is 0 Å². The number of phenolic OH excluding ortho intramolecular Hbond substituents is 1. The summed E-state index contributed by atoms with van der Waals surface area (Å²) in [5.74, 6) is 0.133. The minimum Gasteiger partial charge on any atom is -0.507 e. The molecule has 0 aliphatic carbocycles. The second-order valence-corrected chi connectivity index (χ2v) is 6.49. The van der Waals surface area contributed by atoms with Gasteiger partial charge in [-0.2, -0.15) is 5.06 Å². The molecule has 31 heavy (non-hydrogen) atoms. The average molecular weight is 428 g/mol. The van der Waals surface area contributed by atoms with Gasteiger partial charge in [0.2, 0.25) is 0 Å². The maximum Gasteiger partial charge on any atom is 0.293 e. The van der Waals surface area contributed by atoms with Crippen molar-refractivity contribution in [2.24, 2.45) is 0 Å². The Labute approximate surface area is 181 Å². The zero-order valence-electron chi connectivity index (χ0n) is 18.5. The van der Waals surface area contributed by atoms with E-state index in [1.807, 2.05) is 33.8 Å². The fourth-order valence-corrected chi connectivity index (χ4v) is 3.49. The molecule has 0 spiro atoms. The number of benzene rings is 1. The Morgan fingerprint density at radius 3 is 2.58 bits per heavy atom. The minimum atomic E-state index is -0.294. The summed E-state index contributed by atoms with van der Waals surface area (Å²) < 4.78 is 6.36. The van der Waals surface area contributed by atoms with E-state index in [2.05, 4.69) is 4.98 Å². The highest BCUT2D eigenvalue weighted by Gasteiger charge is 2.26. The van der Waals surface area contributed by atoms with Gasteiger partial charge in [0.1, 0.15) is 12.4 Å². The molecule has 0 fully saturated rings. The van der Waals surface area contributed by atoms with Crippen LogP contribution in [0.15, 0.2) is 35.1 Å². The number of hydrogen-bond acceptors (Lipinski definition) is 7. The lowest BCUT2D eigenvalue weighted by atomic mass is 10.1. The van der Waals surface area contributed by atoms with E-state index in [9.17, 15) is 19.9 Å². The lowest BCUT2D eigenvalue weighted by molar-refractivity contribution is -0.129. The number of carbonyl (C=O) groups excluding carboxylic acids is 1. The highest BCUT2D eigenvalue weighted by atomic mass is 16.5. The van der Waals surface area contributed by atoms with Crippen LogP contribution < -0.4 is 5.56 Å². The molecule has 8 nitrogen and oxygen atoms in total. The molecule has 166 valence electrons. The fraction of sp³-hybridized carbons (Fsp3) is 0.348. The second-order valence-electron chi connectivity index (χ2n) is 6.49. The largest absolute Gasteiger partial charge is 0.507 e. The van der Waals surface area contributed by atoms with Crippen molar-refractivity contribution in [2.45, 2.75) is 47.4 Å². The van der Waals surface area contributed by atoms with Crippen LogP contribution in [0, 0.1) is 0 Å². The van der Waals surface area contributed by atoms with Crippen LogP contribution in [-0.4, -0.2) is 38.4 Å². The molecule has 0 bridgehead atoms. The van der Waals surface area contributed by atoms with Crippen LogP contribution in [0.2, 0.25) is 0 Å². The molecule has 1 aliphatic rings. The molecule has 3 heterocycles. The van der Waals surface area contributed by atoms with Crippen molar-refractivity contribution in [1.29, 1.82) is 0 Å². The lowest BCUT2D eigenvalue weighted by Crippen LogP contribution is -2.27. The first-order valence-corrected chi connectivity index (χ1v) is 10.3. The predicted molar refractivity (Wildman–Crippen MR) is 119 cm³/mol. The molecule has 1 aromatic carbocycles. The molecule has 0 saturated heterocycles. The first-order chi connectivity index (χ1) is 15.0. The number of phenols is 1. The van der Waals surface area contributed by atoms with Crippen molar-refractivity contribution in [1.82, 2.24) is 14.6 Å². The summed E-state index contributed by atoms with van der Waals surface area (Å²) in [6.45, 7) is 8.53. The third-order valence-corrected chi connectivity index (χ3v) is 4.67. The van der Waals surface area contributed by atoms with E-state index in [0.717, 1.165) is 10.6 Å². The van der Waals surface area contributed by atoms with E-state index < -0.39 is 0 Å². The molecule has 0 atom stereocenters. The van der Waals surface area contributed by atoms with Gasteiger partial charge in [0.15, 0.2) is 0 Å². The summed E-state index contributed by atoms with van der Waals surface area (Å²) >= 11 is 0. The summed E-state index contributed by atoms with van der Waals surface area (Å²) in [7, 11) is 1.47. The topological polar surface area (TPSA) is 105 Å². The average Bonchev–Trinajstić information content (AvgIpc) is 3.13. The number of fused-ring (bicyclic) bond motifs is 4. The van der Waals surface area contributed by atoms with Gasteiger partial charge < -0.3 is 19.6 Å². The van der Waals surface area contributed by atoms with Crippen LogP contribution in [0.5, 0.6) is 5.75 Å². The number of carbonyl (C=O) groups is 1. The van der Waals surface area contributed by atoms with Crippen LogP contribution in [-0.2, 0) is 29.2 Å². The smallest absolute Gasteiger partial charge is 0.293 e. The van der Waals surface area contributed by atoms with Gasteiger partial charge in [-0.05, 0) is 29.8 Å². The van der Waals surface area contributed by atoms with E-state index in [-0.39, 0.29) is 30.9 Å². The fourth-order valence-electron chi connectivity index (χ4n) is 3.49. The number of aromatic hydroxyl groups is 1. The van der Waals surface area contributed by atoms with Gasteiger partial charge in [0.25, 0.3) is 12.0 Å². The Morgan fingerprint density at radius 2 is 1.94 bits per heavy atom. The predicted octanol–water partition coefficient (Wildman–Crippen LogP) is 3.68. The molecule has 2 aromatic heterocycles. The normalized spacial score (nSPS) is 11.1. The highest BCUT2D eigenvalue weighted by molar-refractivity contribution is 5.88. The van der Waals surface area contributed by atoms with Gasteiger partial charge in [-0.15, -0.1) is 0 Å². The maximum absolute atomic E-state index is 13.0. The Balaban J connectivity index is 0.000000807. The first kappa shape index (κ1) is 24.0. The van der Waals surface area contributed by atoms with E-state index in [0.29, 0.717) is 40.0 Å². The third kappa shape index (κ3) is 4.76. The molecular formula is C23H29N3O5. The molecule has 4 rings (SSSR count). The van der Waals surface area contributed by atoms with Gasteiger partial charge in [-0.25, -0.2) is 4.98 Å². The SMILES string of the molecule is CC.CC.CN(O)Cc1cc2n(c(=O)c1COC=O)Cc1cc3c(O)cccc3nc1-2. The number of nitrogens with zero attached hydrogens (tertiary/aromatic N) is 3. The molecule has 0 saturated carbocycles. The number of hydroxylamine groups is 2. The van der Waals surface area contributed by atoms with E-state index in [4.69, 9.17) is 4.74 Å². The Morgan fingerprint density at radius 1 is 1.23 bits per heavy atom. The number of ether oxygens (including phenoxy) is 1. The molecule has 3 aromatic rings. The first-order valence-electron chi connectivity index (χ1n) is 10.3. The number of pyridine rings is 2. The van der Waals surface area contributed by atoms with Crippen LogP contribution in [0.25, 0.3) is 22.3 Å². The van der Waals surface area contributed by atoms with Crippen molar-refractivity contribution in [3.05, 3.63) is 57.4 Å². The van der Waals surface area contributed by atoms with Crippen LogP contribution in [0.3, 0.4) is 0 Å². The Kier molecular flexibility index (Phi) is 8.30. The van der Waals surface area contributed by atoms with Gasteiger partial charge in [0.05, 0.1) is 29.0 Å². The Bertz CT molecular complexity index is 1120. The molecule has 8 heteroatoms. The minimum absolute atomic E-state index is 0.102. The van der Waals surface area contributed by atoms with Gasteiger partial charge in [-0.3, -0.25) is 9.59 Å². The number of aromatic nitrogens is 2. The second kappa shape index (κ2) is 10.7. The van der Waals surface area contributed by atoms with Gasteiger partial charge in [0, 0.05) is 24.5 Å². The van der Waals surface area contributed by atoms with Crippen molar-refractivity contribution in [3.8, 4) is 17.1 Å². The molecule has 2 N–H and O–H groups in total. The molecule has 1 aliphatic heterocycles. The summed E-state index contributed by atoms with van der Waals surface area (Å²) in [6, 6.07) is 8.72. The standard InChI is InChI=1S/C19H17N3O5.2C2H6/c1-21(26)7-11-6-16-18-12(5-13-15(20-18)3-2-4-17(13)24)8-22(16)19(25)14(11)9-27-10-23;2*1-2/h2-6,10,24,26H,7-9H2,1H3;2*1-2H3. The zero-order chi connectivity index (χ0) is 23.1. The highest BCUT2D eigenvalue weighted by Crippen LogP contribution is 2.34. The van der Waals surface area contributed by atoms with Crippen LogP contribution in [0.4, 0.5) is 0 Å². The van der Waals surface area contributed by atoms with E-state index >= 15 is 0 Å². The summed E-state index contributed by atoms with van der Waals surface area (Å²) in [5.41, 5.74) is 3.32. The van der Waals surface area contributed by atoms with Gasteiger partial charge >= 0.3 is 0 Å². The Hall–Kier alpha value is -3.23. The monoisotopic (exact) mass is 427 g/mol. The van der Waals surface area contributed by atoms with E-state index in [1.165, 1.54) is 7.05 Å².